The fourth-order valence-corrected chi connectivity index (χ4v) is 6.12. The summed E-state index contributed by atoms with van der Waals surface area (Å²) in [5, 5.41) is 0. The van der Waals surface area contributed by atoms with Crippen LogP contribution in [0, 0.1) is 0 Å². The van der Waals surface area contributed by atoms with Gasteiger partial charge >= 0.3 is 0 Å². The predicted molar refractivity (Wildman–Crippen MR) is 116 cm³/mol. The number of amides is 1. The second-order valence-electron chi connectivity index (χ2n) is 8.50. The van der Waals surface area contributed by atoms with Gasteiger partial charge in [0.2, 0.25) is 5.91 Å². The highest BCUT2D eigenvalue weighted by Gasteiger charge is 2.45. The lowest BCUT2D eigenvalue weighted by atomic mass is 9.72. The summed E-state index contributed by atoms with van der Waals surface area (Å²) in [4.78, 5) is 19.0. The zero-order chi connectivity index (χ0) is 19.2. The highest BCUT2D eigenvalue weighted by molar-refractivity contribution is 7.99. The number of nitrogens with zero attached hydrogens (tertiary/aromatic N) is 2. The lowest BCUT2D eigenvalue weighted by Crippen LogP contribution is -2.56. The van der Waals surface area contributed by atoms with Gasteiger partial charge in [-0.1, -0.05) is 36.8 Å². The molecule has 154 valence electrons. The van der Waals surface area contributed by atoms with Crippen molar-refractivity contribution in [2.45, 2.75) is 50.0 Å². The summed E-state index contributed by atoms with van der Waals surface area (Å²) in [6.07, 6.45) is 6.67. The third kappa shape index (κ3) is 4.42. The molecule has 0 spiro atoms. The summed E-state index contributed by atoms with van der Waals surface area (Å²) in [5.74, 6) is 2.59. The molecule has 4 nitrogen and oxygen atoms in total. The predicted octanol–water partition coefficient (Wildman–Crippen LogP) is 3.55. The summed E-state index contributed by atoms with van der Waals surface area (Å²) in [6.45, 7) is 5.70. The first-order chi connectivity index (χ1) is 13.8. The van der Waals surface area contributed by atoms with E-state index in [0.29, 0.717) is 25.2 Å². The third-order valence-corrected chi connectivity index (χ3v) is 7.90. The van der Waals surface area contributed by atoms with Crippen LogP contribution in [0.1, 0.15) is 44.1 Å². The van der Waals surface area contributed by atoms with Crippen molar-refractivity contribution in [3.05, 3.63) is 35.9 Å². The van der Waals surface area contributed by atoms with Crippen molar-refractivity contribution in [1.29, 1.82) is 0 Å². The van der Waals surface area contributed by atoms with E-state index in [4.69, 9.17) is 4.74 Å². The zero-order valence-electron chi connectivity index (χ0n) is 17.0. The van der Waals surface area contributed by atoms with E-state index in [1.54, 1.807) is 0 Å². The highest BCUT2D eigenvalue weighted by Crippen LogP contribution is 2.38. The summed E-state index contributed by atoms with van der Waals surface area (Å²) in [7, 11) is 0. The SMILES string of the molecule is O=C(N1CCCSCC1CN1CCCCC1)C1(c2ccccc2)CCOCC1. The average Bonchev–Trinajstić information content (AvgIpc) is 3.00. The van der Waals surface area contributed by atoms with E-state index in [9.17, 15) is 4.79 Å². The fraction of sp³-hybridized carbons (Fsp3) is 0.696. The Bertz CT molecular complexity index is 627. The average molecular weight is 403 g/mol. The van der Waals surface area contributed by atoms with Crippen LogP contribution in [0.15, 0.2) is 30.3 Å². The van der Waals surface area contributed by atoms with Gasteiger partial charge in [-0.05, 0) is 56.5 Å². The smallest absolute Gasteiger partial charge is 0.233 e. The van der Waals surface area contributed by atoms with Crippen molar-refractivity contribution < 1.29 is 9.53 Å². The number of piperidine rings is 1. The number of carbonyl (C=O) groups excluding carboxylic acids is 1. The van der Waals surface area contributed by atoms with E-state index >= 15 is 0 Å². The molecule has 28 heavy (non-hydrogen) atoms. The molecule has 0 radical (unpaired) electrons. The Balaban J connectivity index is 1.59. The van der Waals surface area contributed by atoms with Gasteiger partial charge in [0.25, 0.3) is 0 Å². The molecule has 5 heteroatoms. The van der Waals surface area contributed by atoms with Gasteiger partial charge in [0.1, 0.15) is 0 Å². The van der Waals surface area contributed by atoms with Crippen LogP contribution in [-0.4, -0.2) is 72.6 Å². The maximum absolute atomic E-state index is 14.1. The fourth-order valence-electron chi connectivity index (χ4n) is 5.07. The molecule has 3 heterocycles. The van der Waals surface area contributed by atoms with Gasteiger partial charge in [-0.25, -0.2) is 0 Å². The molecule has 1 unspecified atom stereocenters. The number of thioether (sulfide) groups is 1. The molecule has 4 rings (SSSR count). The lowest BCUT2D eigenvalue weighted by molar-refractivity contribution is -0.143. The summed E-state index contributed by atoms with van der Waals surface area (Å²) in [5.41, 5.74) is 0.770. The van der Waals surface area contributed by atoms with E-state index < -0.39 is 5.41 Å². The molecule has 3 saturated heterocycles. The first-order valence-electron chi connectivity index (χ1n) is 11.0. The summed E-state index contributed by atoms with van der Waals surface area (Å²) >= 11 is 2.03. The van der Waals surface area contributed by atoms with E-state index in [0.717, 1.165) is 38.1 Å². The molecule has 0 N–H and O–H groups in total. The molecule has 1 aromatic rings. The Labute approximate surface area is 174 Å². The standard InChI is InChI=1S/C23H34N2O2S/c26-22(23(10-15-27-16-11-23)20-8-3-1-4-9-20)25-14-7-17-28-19-21(25)18-24-12-5-2-6-13-24/h1,3-4,8-9,21H,2,5-7,10-19H2. The normalized spacial score (nSPS) is 26.6. The number of rotatable bonds is 4. The molecule has 0 aromatic heterocycles. The lowest BCUT2D eigenvalue weighted by Gasteiger charge is -2.43. The first-order valence-corrected chi connectivity index (χ1v) is 12.2. The minimum absolute atomic E-state index is 0.335. The van der Waals surface area contributed by atoms with Gasteiger partial charge in [0.15, 0.2) is 0 Å². The Morgan fingerprint density at radius 3 is 2.54 bits per heavy atom. The Kier molecular flexibility index (Phi) is 6.97. The van der Waals surface area contributed by atoms with Gasteiger partial charge in [-0.3, -0.25) is 4.79 Å². The topological polar surface area (TPSA) is 32.8 Å². The van der Waals surface area contributed by atoms with Gasteiger partial charge < -0.3 is 14.5 Å². The van der Waals surface area contributed by atoms with Gasteiger partial charge in [0.05, 0.1) is 11.5 Å². The van der Waals surface area contributed by atoms with Crippen molar-refractivity contribution in [1.82, 2.24) is 9.80 Å². The molecule has 0 aliphatic carbocycles. The van der Waals surface area contributed by atoms with E-state index in [1.807, 2.05) is 17.8 Å². The number of hydrogen-bond acceptors (Lipinski definition) is 4. The molecule has 3 aliphatic rings. The molecule has 1 atom stereocenters. The number of likely N-dealkylation sites (tertiary alicyclic amines) is 1. The van der Waals surface area contributed by atoms with Gasteiger partial charge in [0, 0.05) is 32.1 Å². The van der Waals surface area contributed by atoms with Crippen molar-refractivity contribution in [2.75, 3.05) is 50.9 Å². The van der Waals surface area contributed by atoms with Crippen LogP contribution in [0.2, 0.25) is 0 Å². The highest BCUT2D eigenvalue weighted by atomic mass is 32.2. The quantitative estimate of drug-likeness (QED) is 0.771. The summed E-state index contributed by atoms with van der Waals surface area (Å²) in [6, 6.07) is 10.8. The van der Waals surface area contributed by atoms with Crippen LogP contribution in [-0.2, 0) is 14.9 Å². The maximum atomic E-state index is 14.1. The maximum Gasteiger partial charge on any atom is 0.233 e. The van der Waals surface area contributed by atoms with Crippen LogP contribution < -0.4 is 0 Å². The van der Waals surface area contributed by atoms with Crippen LogP contribution in [0.25, 0.3) is 0 Å². The van der Waals surface area contributed by atoms with E-state index in [-0.39, 0.29) is 0 Å². The number of carbonyl (C=O) groups is 1. The van der Waals surface area contributed by atoms with Crippen LogP contribution in [0.4, 0.5) is 0 Å². The van der Waals surface area contributed by atoms with Crippen LogP contribution in [0.5, 0.6) is 0 Å². The largest absolute Gasteiger partial charge is 0.381 e. The van der Waals surface area contributed by atoms with Crippen LogP contribution in [0.3, 0.4) is 0 Å². The van der Waals surface area contributed by atoms with E-state index in [1.165, 1.54) is 43.7 Å². The first kappa shape index (κ1) is 20.2. The van der Waals surface area contributed by atoms with Gasteiger partial charge in [-0.2, -0.15) is 11.8 Å². The molecule has 0 bridgehead atoms. The molecule has 1 aromatic carbocycles. The minimum Gasteiger partial charge on any atom is -0.381 e. The molecular formula is C23H34N2O2S. The number of hydrogen-bond donors (Lipinski definition) is 0. The number of ether oxygens (including phenoxy) is 1. The van der Waals surface area contributed by atoms with Crippen molar-refractivity contribution in [2.24, 2.45) is 0 Å². The van der Waals surface area contributed by atoms with Gasteiger partial charge in [-0.15, -0.1) is 0 Å². The molecule has 0 saturated carbocycles. The minimum atomic E-state index is -0.408. The number of benzene rings is 1. The Morgan fingerprint density at radius 2 is 1.79 bits per heavy atom. The van der Waals surface area contributed by atoms with Crippen LogP contribution >= 0.6 is 11.8 Å². The summed E-state index contributed by atoms with van der Waals surface area (Å²) < 4.78 is 5.67. The van der Waals surface area contributed by atoms with Crippen molar-refractivity contribution in [3.8, 4) is 0 Å². The monoisotopic (exact) mass is 402 g/mol. The Hall–Kier alpha value is -1.04. The Morgan fingerprint density at radius 1 is 1.04 bits per heavy atom. The molecule has 1 amide bonds. The third-order valence-electron chi connectivity index (χ3n) is 6.70. The zero-order valence-corrected chi connectivity index (χ0v) is 17.8. The molecular weight excluding hydrogens is 368 g/mol. The van der Waals surface area contributed by atoms with E-state index in [2.05, 4.69) is 34.1 Å². The molecule has 3 aliphatic heterocycles. The van der Waals surface area contributed by atoms with Crippen molar-refractivity contribution in [3.63, 3.8) is 0 Å². The van der Waals surface area contributed by atoms with Crippen molar-refractivity contribution >= 4 is 17.7 Å². The second kappa shape index (κ2) is 9.64. The molecule has 3 fully saturated rings. The second-order valence-corrected chi connectivity index (χ2v) is 9.65.